The van der Waals surface area contributed by atoms with Crippen LogP contribution in [0.2, 0.25) is 0 Å². The van der Waals surface area contributed by atoms with E-state index < -0.39 is 38.3 Å². The molecule has 0 spiro atoms. The standard InChI is InChI=1S/C7HF6IN2O3/c8-6(9,10)2-1-3(16(17)18)15-5(4(2)14)19-7(11,12)13/h1H. The smallest absolute Gasteiger partial charge is 0.366 e. The van der Waals surface area contributed by atoms with Crippen molar-refractivity contribution in [3.63, 3.8) is 0 Å². The summed E-state index contributed by atoms with van der Waals surface area (Å²) in [5.74, 6) is -2.92. The highest BCUT2D eigenvalue weighted by Crippen LogP contribution is 2.39. The molecule has 1 heterocycles. The van der Waals surface area contributed by atoms with E-state index in [1.807, 2.05) is 0 Å². The van der Waals surface area contributed by atoms with E-state index in [-0.39, 0.29) is 6.07 Å². The molecule has 5 nitrogen and oxygen atoms in total. The molecule has 0 unspecified atom stereocenters. The van der Waals surface area contributed by atoms with E-state index >= 15 is 0 Å². The Balaban J connectivity index is 3.46. The minimum Gasteiger partial charge on any atom is -0.366 e. The Morgan fingerprint density at radius 3 is 2.16 bits per heavy atom. The second-order valence-corrected chi connectivity index (χ2v) is 4.03. The third-order valence-corrected chi connectivity index (χ3v) is 2.66. The molecule has 19 heavy (non-hydrogen) atoms. The first kappa shape index (κ1) is 15.7. The lowest BCUT2D eigenvalue weighted by molar-refractivity contribution is -0.390. The Morgan fingerprint density at radius 2 is 1.79 bits per heavy atom. The van der Waals surface area contributed by atoms with Crippen molar-refractivity contribution < 1.29 is 36.0 Å². The molecule has 0 bridgehead atoms. The van der Waals surface area contributed by atoms with Crippen molar-refractivity contribution in [1.82, 2.24) is 4.98 Å². The van der Waals surface area contributed by atoms with E-state index in [9.17, 15) is 36.5 Å². The van der Waals surface area contributed by atoms with Crippen LogP contribution in [-0.2, 0) is 6.18 Å². The van der Waals surface area contributed by atoms with Crippen LogP contribution in [0.25, 0.3) is 0 Å². The highest BCUT2D eigenvalue weighted by atomic mass is 127. The van der Waals surface area contributed by atoms with Gasteiger partial charge in [0.2, 0.25) is 0 Å². The van der Waals surface area contributed by atoms with Crippen LogP contribution in [0.1, 0.15) is 5.56 Å². The number of hydrogen-bond donors (Lipinski definition) is 0. The highest BCUT2D eigenvalue weighted by Gasteiger charge is 2.41. The van der Waals surface area contributed by atoms with Gasteiger partial charge < -0.3 is 14.9 Å². The molecule has 0 saturated carbocycles. The number of hydrogen-bond acceptors (Lipinski definition) is 4. The Labute approximate surface area is 113 Å². The maximum Gasteiger partial charge on any atom is 0.575 e. The van der Waals surface area contributed by atoms with Gasteiger partial charge in [-0.2, -0.15) is 13.2 Å². The zero-order valence-electron chi connectivity index (χ0n) is 8.34. The van der Waals surface area contributed by atoms with E-state index in [4.69, 9.17) is 0 Å². The van der Waals surface area contributed by atoms with Crippen molar-refractivity contribution in [1.29, 1.82) is 0 Å². The molecule has 1 rings (SSSR count). The number of halogens is 7. The highest BCUT2D eigenvalue weighted by molar-refractivity contribution is 14.1. The summed E-state index contributed by atoms with van der Waals surface area (Å²) < 4.78 is 75.7. The molecule has 0 aliphatic rings. The molecule has 0 saturated heterocycles. The van der Waals surface area contributed by atoms with Gasteiger partial charge in [0, 0.05) is 11.1 Å². The average Bonchev–Trinajstić information content (AvgIpc) is 2.16. The molecule has 12 heteroatoms. The van der Waals surface area contributed by atoms with Crippen LogP contribution < -0.4 is 4.74 Å². The minimum atomic E-state index is -5.31. The fourth-order valence-corrected chi connectivity index (χ4v) is 1.66. The van der Waals surface area contributed by atoms with Gasteiger partial charge in [0.1, 0.15) is 3.57 Å². The van der Waals surface area contributed by atoms with Gasteiger partial charge >= 0.3 is 24.2 Å². The van der Waals surface area contributed by atoms with Gasteiger partial charge in [-0.05, 0) is 27.5 Å². The first-order valence-corrected chi connectivity index (χ1v) is 5.17. The van der Waals surface area contributed by atoms with Crippen LogP contribution in [0.3, 0.4) is 0 Å². The Hall–Kier alpha value is -1.34. The number of nitro groups is 1. The van der Waals surface area contributed by atoms with Crippen LogP contribution in [0, 0.1) is 13.7 Å². The normalized spacial score (nSPS) is 12.4. The molecule has 106 valence electrons. The topological polar surface area (TPSA) is 65.3 Å². The zero-order valence-corrected chi connectivity index (χ0v) is 10.5. The largest absolute Gasteiger partial charge is 0.575 e. The molecule has 0 aromatic carbocycles. The molecule has 0 aliphatic heterocycles. The molecule has 1 aromatic heterocycles. The van der Waals surface area contributed by atoms with Crippen molar-refractivity contribution in [3.05, 3.63) is 25.3 Å². The van der Waals surface area contributed by atoms with Crippen LogP contribution >= 0.6 is 22.6 Å². The van der Waals surface area contributed by atoms with Gasteiger partial charge in [0.05, 0.1) is 5.56 Å². The van der Waals surface area contributed by atoms with Crippen molar-refractivity contribution in [2.24, 2.45) is 0 Å². The number of rotatable bonds is 2. The van der Waals surface area contributed by atoms with Gasteiger partial charge in [0.25, 0.3) is 0 Å². The van der Waals surface area contributed by atoms with Crippen LogP contribution in [0.15, 0.2) is 6.07 Å². The van der Waals surface area contributed by atoms with Crippen LogP contribution in [0.5, 0.6) is 5.88 Å². The first-order valence-electron chi connectivity index (χ1n) is 4.09. The second-order valence-electron chi connectivity index (χ2n) is 2.95. The summed E-state index contributed by atoms with van der Waals surface area (Å²) in [7, 11) is 0. The molecule has 0 amide bonds. The SMILES string of the molecule is O=[N+]([O-])c1cc(C(F)(F)F)c(I)c(OC(F)(F)F)n1. The van der Waals surface area contributed by atoms with Gasteiger partial charge in [0.15, 0.2) is 0 Å². The lowest BCUT2D eigenvalue weighted by atomic mass is 10.2. The predicted octanol–water partition coefficient (Wildman–Crippen LogP) is 3.51. The fraction of sp³-hybridized carbons (Fsp3) is 0.286. The minimum absolute atomic E-state index is 0.0327. The summed E-state index contributed by atoms with van der Waals surface area (Å²) in [6.07, 6.45) is -10.4. The van der Waals surface area contributed by atoms with E-state index in [1.165, 1.54) is 0 Å². The number of nitrogens with zero attached hydrogens (tertiary/aromatic N) is 2. The molecular formula is C7HF6IN2O3. The van der Waals surface area contributed by atoms with Gasteiger partial charge in [-0.15, -0.1) is 13.2 Å². The second kappa shape index (κ2) is 4.97. The van der Waals surface area contributed by atoms with Crippen molar-refractivity contribution >= 4 is 28.4 Å². The molecular weight excluding hydrogens is 401 g/mol. The average molecular weight is 402 g/mol. The number of alkyl halides is 6. The first-order chi connectivity index (χ1) is 8.42. The number of aromatic nitrogens is 1. The van der Waals surface area contributed by atoms with Crippen molar-refractivity contribution in [2.75, 3.05) is 0 Å². The van der Waals surface area contributed by atoms with Crippen LogP contribution in [-0.4, -0.2) is 16.3 Å². The van der Waals surface area contributed by atoms with E-state index in [1.54, 1.807) is 0 Å². The van der Waals surface area contributed by atoms with E-state index in [2.05, 4.69) is 9.72 Å². The molecule has 0 N–H and O–H groups in total. The molecule has 1 aromatic rings. The maximum atomic E-state index is 12.5. The Morgan fingerprint density at radius 1 is 1.26 bits per heavy atom. The summed E-state index contributed by atoms with van der Waals surface area (Å²) in [6, 6.07) is 0.0327. The quantitative estimate of drug-likeness (QED) is 0.329. The molecule has 0 radical (unpaired) electrons. The summed E-state index contributed by atoms with van der Waals surface area (Å²) in [5.41, 5.74) is -1.63. The van der Waals surface area contributed by atoms with E-state index in [0.29, 0.717) is 0 Å². The summed E-state index contributed by atoms with van der Waals surface area (Å²) in [5, 5.41) is 10.3. The molecule has 0 fully saturated rings. The van der Waals surface area contributed by atoms with Gasteiger partial charge in [-0.3, -0.25) is 0 Å². The third kappa shape index (κ3) is 4.07. The number of ether oxygens (including phenoxy) is 1. The summed E-state index contributed by atoms with van der Waals surface area (Å²) >= 11 is 0.916. The zero-order chi connectivity index (χ0) is 15.0. The third-order valence-electron chi connectivity index (χ3n) is 1.62. The van der Waals surface area contributed by atoms with Gasteiger partial charge in [-0.1, -0.05) is 0 Å². The summed E-state index contributed by atoms with van der Waals surface area (Å²) in [4.78, 5) is 11.8. The molecule has 0 aliphatic carbocycles. The predicted molar refractivity (Wildman–Crippen MR) is 55.3 cm³/mol. The lowest BCUT2D eigenvalue weighted by Gasteiger charge is -2.11. The fourth-order valence-electron chi connectivity index (χ4n) is 0.970. The Bertz CT molecular complexity index is 515. The van der Waals surface area contributed by atoms with Crippen molar-refractivity contribution in [2.45, 2.75) is 12.5 Å². The lowest BCUT2D eigenvalue weighted by Crippen LogP contribution is -2.20. The van der Waals surface area contributed by atoms with E-state index in [0.717, 1.165) is 22.6 Å². The van der Waals surface area contributed by atoms with Crippen LogP contribution in [0.4, 0.5) is 32.2 Å². The van der Waals surface area contributed by atoms with Gasteiger partial charge in [-0.25, -0.2) is 0 Å². The maximum absolute atomic E-state index is 12.5. The monoisotopic (exact) mass is 402 g/mol. The summed E-state index contributed by atoms with van der Waals surface area (Å²) in [6.45, 7) is 0. The van der Waals surface area contributed by atoms with Crippen molar-refractivity contribution in [3.8, 4) is 5.88 Å². The number of pyridine rings is 1. The Kier molecular flexibility index (Phi) is 4.11. The molecule has 0 atom stereocenters.